The number of hydrogen-bond donors (Lipinski definition) is 1. The fourth-order valence-corrected chi connectivity index (χ4v) is 7.94. The van der Waals surface area contributed by atoms with Crippen molar-refractivity contribution in [3.05, 3.63) is 23.8 Å². The smallest absolute Gasteiger partial charge is 0.306 e. The van der Waals surface area contributed by atoms with Crippen molar-refractivity contribution in [2.45, 2.75) is 76.9 Å². The quantitative estimate of drug-likeness (QED) is 0.481. The number of aliphatic hydroxyl groups excluding tert-OH is 1. The second-order valence-corrected chi connectivity index (χ2v) is 10.9. The maximum Gasteiger partial charge on any atom is 0.306 e. The molecule has 0 heterocycles. The Bertz CT molecular complexity index is 964. The number of hydrogen-bond acceptors (Lipinski definition) is 5. The van der Waals surface area contributed by atoms with Crippen molar-refractivity contribution in [3.63, 3.8) is 0 Å². The molecule has 8 heteroatoms. The van der Waals surface area contributed by atoms with Gasteiger partial charge in [-0.3, -0.25) is 14.4 Å². The first-order valence-corrected chi connectivity index (χ1v) is 12.1. The van der Waals surface area contributed by atoms with Gasteiger partial charge in [-0.25, -0.2) is 8.78 Å². The van der Waals surface area contributed by atoms with Crippen LogP contribution in [0, 0.1) is 28.6 Å². The standard InChI is InChI=1S/C25H31ClF2O5/c1-5-21(32)33-25(20(31)12-26)13(2)8-15-16-10-18(27)17-9-14(29)6-7-22(17,3)24(16,28)19(30)11-23(15,25)4/h6-7,9,13,15-16,18-19,30H,5,8,10-12H2,1-4H3/t13-,15-,16-,18+,19+,22+,23+,24-,25-/m1/s1. The lowest BCUT2D eigenvalue weighted by atomic mass is 9.44. The number of esters is 1. The fraction of sp³-hybridized carbons (Fsp3) is 0.720. The zero-order chi connectivity index (χ0) is 24.6. The van der Waals surface area contributed by atoms with Gasteiger partial charge in [0.2, 0.25) is 0 Å². The lowest BCUT2D eigenvalue weighted by molar-refractivity contribution is -0.230. The molecule has 0 amide bonds. The number of allylic oxidation sites excluding steroid dienone is 4. The van der Waals surface area contributed by atoms with E-state index in [0.29, 0.717) is 6.42 Å². The minimum absolute atomic E-state index is 0.0431. The van der Waals surface area contributed by atoms with Crippen LogP contribution in [0.25, 0.3) is 0 Å². The van der Waals surface area contributed by atoms with Crippen LogP contribution in [0.2, 0.25) is 0 Å². The van der Waals surface area contributed by atoms with Crippen LogP contribution in [0.15, 0.2) is 23.8 Å². The zero-order valence-corrected chi connectivity index (χ0v) is 20.1. The van der Waals surface area contributed by atoms with Crippen molar-refractivity contribution < 1.29 is 33.0 Å². The number of alkyl halides is 3. The molecule has 0 aliphatic heterocycles. The van der Waals surface area contributed by atoms with Crippen LogP contribution in [0.5, 0.6) is 0 Å². The molecule has 0 bridgehead atoms. The van der Waals surface area contributed by atoms with Gasteiger partial charge in [0.05, 0.1) is 12.0 Å². The highest BCUT2D eigenvalue weighted by Gasteiger charge is 2.77. The Hall–Kier alpha value is -1.60. The molecule has 4 aliphatic rings. The van der Waals surface area contributed by atoms with Crippen LogP contribution >= 0.6 is 11.6 Å². The summed E-state index contributed by atoms with van der Waals surface area (Å²) in [6.07, 6.45) is 0.584. The first-order valence-electron chi connectivity index (χ1n) is 11.6. The Kier molecular flexibility index (Phi) is 5.73. The van der Waals surface area contributed by atoms with Gasteiger partial charge in [0.15, 0.2) is 22.8 Å². The SMILES string of the molecule is CCC(=O)O[C@@]1(C(=O)CCl)[C@H](C)C[C@@H]2[C@H]3C[C@H](F)C4=CC(=O)C=C[C@]4(C)[C@]3(F)[C@@H](O)C[C@@]21C. The molecule has 0 spiro atoms. The predicted molar refractivity (Wildman–Crippen MR) is 118 cm³/mol. The fourth-order valence-electron chi connectivity index (χ4n) is 7.74. The first-order chi connectivity index (χ1) is 15.3. The third-order valence-electron chi connectivity index (χ3n) is 9.27. The highest BCUT2D eigenvalue weighted by atomic mass is 35.5. The summed E-state index contributed by atoms with van der Waals surface area (Å²) in [5.74, 6) is -3.84. The van der Waals surface area contributed by atoms with Gasteiger partial charge in [0.1, 0.15) is 6.17 Å². The van der Waals surface area contributed by atoms with Gasteiger partial charge in [-0.2, -0.15) is 0 Å². The van der Waals surface area contributed by atoms with Crippen LogP contribution in [-0.2, 0) is 19.1 Å². The van der Waals surface area contributed by atoms with Gasteiger partial charge in [0.25, 0.3) is 0 Å². The van der Waals surface area contributed by atoms with Crippen LogP contribution in [0.3, 0.4) is 0 Å². The molecule has 182 valence electrons. The summed E-state index contributed by atoms with van der Waals surface area (Å²) in [5.41, 5.74) is -6.47. The average molecular weight is 485 g/mol. The highest BCUT2D eigenvalue weighted by Crippen LogP contribution is 2.71. The van der Waals surface area contributed by atoms with Gasteiger partial charge >= 0.3 is 5.97 Å². The molecule has 1 N–H and O–H groups in total. The summed E-state index contributed by atoms with van der Waals surface area (Å²) in [6, 6.07) is 0. The van der Waals surface area contributed by atoms with Gasteiger partial charge in [-0.05, 0) is 49.8 Å². The third kappa shape index (κ3) is 2.87. The molecular formula is C25H31ClF2O5. The predicted octanol–water partition coefficient (Wildman–Crippen LogP) is 4.05. The van der Waals surface area contributed by atoms with Crippen molar-refractivity contribution in [2.75, 3.05) is 5.88 Å². The second kappa shape index (κ2) is 7.70. The number of halogens is 3. The van der Waals surface area contributed by atoms with Crippen LogP contribution in [0.1, 0.15) is 53.4 Å². The number of Topliss-reactive ketones (excluding diaryl/α,β-unsaturated/α-hetero) is 1. The normalized spacial score (nSPS) is 48.4. The van der Waals surface area contributed by atoms with Crippen LogP contribution in [-0.4, -0.2) is 52.1 Å². The number of carbonyl (C=O) groups excluding carboxylic acids is 3. The minimum Gasteiger partial charge on any atom is -0.450 e. The summed E-state index contributed by atoms with van der Waals surface area (Å²) in [6.45, 7) is 6.64. The highest BCUT2D eigenvalue weighted by molar-refractivity contribution is 6.29. The number of ketones is 2. The van der Waals surface area contributed by atoms with Crippen molar-refractivity contribution >= 4 is 29.1 Å². The van der Waals surface area contributed by atoms with Crippen molar-refractivity contribution in [1.82, 2.24) is 0 Å². The molecule has 0 aromatic heterocycles. The molecule has 0 unspecified atom stereocenters. The maximum atomic E-state index is 17.2. The summed E-state index contributed by atoms with van der Waals surface area (Å²) >= 11 is 5.97. The number of aliphatic hydroxyl groups is 1. The summed E-state index contributed by atoms with van der Waals surface area (Å²) < 4.78 is 38.5. The molecule has 9 atom stereocenters. The Labute approximate surface area is 197 Å². The molecular weight excluding hydrogens is 454 g/mol. The topological polar surface area (TPSA) is 80.7 Å². The monoisotopic (exact) mass is 484 g/mol. The van der Waals surface area contributed by atoms with E-state index in [9.17, 15) is 19.5 Å². The molecule has 0 aromatic rings. The summed E-state index contributed by atoms with van der Waals surface area (Å²) in [4.78, 5) is 37.7. The average Bonchev–Trinajstić information content (AvgIpc) is 2.98. The largest absolute Gasteiger partial charge is 0.450 e. The number of rotatable bonds is 4. The van der Waals surface area contributed by atoms with E-state index in [-0.39, 0.29) is 24.8 Å². The van der Waals surface area contributed by atoms with Gasteiger partial charge in [-0.1, -0.05) is 26.8 Å². The molecule has 3 saturated carbocycles. The molecule has 4 rings (SSSR count). The van der Waals surface area contributed by atoms with Crippen molar-refractivity contribution in [2.24, 2.45) is 28.6 Å². The zero-order valence-electron chi connectivity index (χ0n) is 19.4. The maximum absolute atomic E-state index is 17.2. The number of fused-ring (bicyclic) bond motifs is 5. The summed E-state index contributed by atoms with van der Waals surface area (Å²) in [5, 5.41) is 11.4. The molecule has 0 aromatic carbocycles. The van der Waals surface area contributed by atoms with E-state index in [4.69, 9.17) is 16.3 Å². The molecule has 33 heavy (non-hydrogen) atoms. The van der Waals surface area contributed by atoms with E-state index in [2.05, 4.69) is 0 Å². The Morgan fingerprint density at radius 2 is 1.94 bits per heavy atom. The van der Waals surface area contributed by atoms with Crippen LogP contribution in [0.4, 0.5) is 8.78 Å². The van der Waals surface area contributed by atoms with E-state index >= 15 is 8.78 Å². The molecule has 5 nitrogen and oxygen atoms in total. The Morgan fingerprint density at radius 1 is 1.27 bits per heavy atom. The second-order valence-electron chi connectivity index (χ2n) is 10.6. The molecule has 0 saturated heterocycles. The Balaban J connectivity index is 1.88. The number of carbonyl (C=O) groups is 3. The summed E-state index contributed by atoms with van der Waals surface area (Å²) in [7, 11) is 0. The lowest BCUT2D eigenvalue weighted by Gasteiger charge is -2.63. The third-order valence-corrected chi connectivity index (χ3v) is 9.51. The van der Waals surface area contributed by atoms with Gasteiger partial charge < -0.3 is 9.84 Å². The van der Waals surface area contributed by atoms with Crippen molar-refractivity contribution in [3.8, 4) is 0 Å². The van der Waals surface area contributed by atoms with Gasteiger partial charge in [0, 0.05) is 29.1 Å². The van der Waals surface area contributed by atoms with E-state index in [0.717, 1.165) is 6.08 Å². The Morgan fingerprint density at radius 3 is 2.55 bits per heavy atom. The molecule has 3 fully saturated rings. The van der Waals surface area contributed by atoms with Crippen LogP contribution < -0.4 is 0 Å². The molecule has 0 radical (unpaired) electrons. The van der Waals surface area contributed by atoms with E-state index in [1.807, 2.05) is 0 Å². The number of ether oxygens (including phenoxy) is 1. The van der Waals surface area contributed by atoms with E-state index < -0.39 is 75.5 Å². The lowest BCUT2D eigenvalue weighted by Crippen LogP contribution is -2.71. The molecule has 4 aliphatic carbocycles. The minimum atomic E-state index is -2.25. The van der Waals surface area contributed by atoms with Gasteiger partial charge in [-0.15, -0.1) is 11.6 Å². The van der Waals surface area contributed by atoms with E-state index in [1.54, 1.807) is 20.8 Å². The van der Waals surface area contributed by atoms with E-state index in [1.165, 1.54) is 19.1 Å². The van der Waals surface area contributed by atoms with Crippen molar-refractivity contribution in [1.29, 1.82) is 0 Å². The first kappa shape index (κ1) is 24.5.